The van der Waals surface area contributed by atoms with Gasteiger partial charge in [0.1, 0.15) is 10.6 Å². The van der Waals surface area contributed by atoms with Crippen molar-refractivity contribution >= 4 is 45.7 Å². The van der Waals surface area contributed by atoms with E-state index in [9.17, 15) is 22.8 Å². The van der Waals surface area contributed by atoms with Crippen molar-refractivity contribution in [2.45, 2.75) is 4.90 Å². The lowest BCUT2D eigenvalue weighted by Crippen LogP contribution is -2.43. The van der Waals surface area contributed by atoms with Crippen molar-refractivity contribution in [2.24, 2.45) is 10.7 Å². The van der Waals surface area contributed by atoms with Gasteiger partial charge in [0.2, 0.25) is 5.96 Å². The van der Waals surface area contributed by atoms with Crippen LogP contribution in [-0.4, -0.2) is 46.8 Å². The molecule has 2 rings (SSSR count). The number of hydrogen-bond donors (Lipinski definition) is 4. The van der Waals surface area contributed by atoms with E-state index in [0.717, 1.165) is 26.4 Å². The van der Waals surface area contributed by atoms with E-state index >= 15 is 0 Å². The van der Waals surface area contributed by atoms with Crippen LogP contribution in [0.5, 0.6) is 5.75 Å². The molecule has 0 aliphatic carbocycles. The lowest BCUT2D eigenvalue weighted by atomic mass is 10.2. The van der Waals surface area contributed by atoms with Crippen LogP contribution >= 0.6 is 0 Å². The molecule has 0 spiro atoms. The number of alkyl carbamates (subject to hydrolysis) is 2. The van der Waals surface area contributed by atoms with Gasteiger partial charge in [-0.3, -0.25) is 10.6 Å². The fourth-order valence-corrected chi connectivity index (χ4v) is 3.10. The first-order valence-corrected chi connectivity index (χ1v) is 10.0. The molecule has 0 aliphatic heterocycles. The summed E-state index contributed by atoms with van der Waals surface area (Å²) in [6.45, 7) is 0. The quantitative estimate of drug-likeness (QED) is 0.291. The standard InChI is InChI=1S/C18H19N5O8S/c1-29-17(25)22-16(23-18(26)30-2)21-14-10-12(8-9-13(14)20-15(19)24)32(27,28)31-11-6-4-3-5-7-11/h3-10H,1-2H3,(H3,19,20,24)(H2,21,22,23,25,26). The van der Waals surface area contributed by atoms with E-state index < -0.39 is 34.3 Å². The fraction of sp³-hybridized carbons (Fsp3) is 0.111. The Bertz CT molecular complexity index is 1120. The molecule has 4 amide bonds. The number of anilines is 1. The highest BCUT2D eigenvalue weighted by Gasteiger charge is 2.20. The molecule has 2 aromatic carbocycles. The molecule has 13 nitrogen and oxygen atoms in total. The Morgan fingerprint density at radius 3 is 2.06 bits per heavy atom. The molecule has 14 heteroatoms. The number of nitrogens with one attached hydrogen (secondary N) is 3. The van der Waals surface area contributed by atoms with Crippen LogP contribution in [0.25, 0.3) is 0 Å². The SMILES string of the molecule is COC(=O)NC(=Nc1cc(S(=O)(=O)Oc2ccccc2)ccc1NC(N)=O)NC(=O)OC. The molecule has 0 heterocycles. The smallest absolute Gasteiger partial charge is 0.413 e. The van der Waals surface area contributed by atoms with Crippen molar-refractivity contribution in [1.82, 2.24) is 10.6 Å². The van der Waals surface area contributed by atoms with Crippen LogP contribution in [0.3, 0.4) is 0 Å². The number of amides is 4. The Hall–Kier alpha value is -4.33. The Morgan fingerprint density at radius 1 is 0.938 bits per heavy atom. The van der Waals surface area contributed by atoms with Crippen LogP contribution in [0.15, 0.2) is 58.4 Å². The van der Waals surface area contributed by atoms with Crippen molar-refractivity contribution in [2.75, 3.05) is 19.5 Å². The second kappa shape index (κ2) is 10.6. The second-order valence-electron chi connectivity index (χ2n) is 5.71. The first-order valence-electron chi connectivity index (χ1n) is 8.63. The van der Waals surface area contributed by atoms with Gasteiger partial charge in [0, 0.05) is 0 Å². The lowest BCUT2D eigenvalue weighted by molar-refractivity contribution is 0.173. The number of aliphatic imine (C=N–C) groups is 1. The third-order valence-corrected chi connectivity index (χ3v) is 4.75. The molecule has 32 heavy (non-hydrogen) atoms. The lowest BCUT2D eigenvalue weighted by Gasteiger charge is -2.13. The van der Waals surface area contributed by atoms with Crippen molar-refractivity contribution in [3.05, 3.63) is 48.5 Å². The summed E-state index contributed by atoms with van der Waals surface area (Å²) in [5.41, 5.74) is 4.89. The number of carbonyl (C=O) groups is 3. The van der Waals surface area contributed by atoms with Gasteiger partial charge in [0.25, 0.3) is 0 Å². The summed E-state index contributed by atoms with van der Waals surface area (Å²) in [6, 6.07) is 10.1. The third-order valence-electron chi connectivity index (χ3n) is 3.51. The molecule has 0 aliphatic rings. The van der Waals surface area contributed by atoms with E-state index in [1.165, 1.54) is 18.2 Å². The summed E-state index contributed by atoms with van der Waals surface area (Å²) >= 11 is 0. The molecule has 0 aromatic heterocycles. The van der Waals surface area contributed by atoms with Crippen molar-refractivity contribution in [1.29, 1.82) is 0 Å². The molecule has 0 bridgehead atoms. The minimum Gasteiger partial charge on any atom is -0.453 e. The van der Waals surface area contributed by atoms with Crippen molar-refractivity contribution in [3.63, 3.8) is 0 Å². The second-order valence-corrected chi connectivity index (χ2v) is 7.26. The van der Waals surface area contributed by atoms with Gasteiger partial charge in [-0.2, -0.15) is 8.42 Å². The van der Waals surface area contributed by atoms with Crippen molar-refractivity contribution in [3.8, 4) is 5.75 Å². The Morgan fingerprint density at radius 2 is 1.53 bits per heavy atom. The van der Waals surface area contributed by atoms with Crippen LogP contribution in [0.4, 0.5) is 25.8 Å². The first kappa shape index (κ1) is 23.9. The predicted molar refractivity (Wildman–Crippen MR) is 112 cm³/mol. The van der Waals surface area contributed by atoms with Gasteiger partial charge in [0.15, 0.2) is 0 Å². The van der Waals surface area contributed by atoms with E-state index in [2.05, 4.69) is 30.4 Å². The summed E-state index contributed by atoms with van der Waals surface area (Å²) in [4.78, 5) is 38.1. The minimum absolute atomic E-state index is 0.0352. The van der Waals surface area contributed by atoms with Crippen LogP contribution in [0, 0.1) is 0 Å². The Kier molecular flexibility index (Phi) is 7.95. The number of rotatable bonds is 5. The van der Waals surface area contributed by atoms with Gasteiger partial charge in [-0.05, 0) is 30.3 Å². The normalized spacial score (nSPS) is 10.3. The number of para-hydroxylation sites is 1. The molecular weight excluding hydrogens is 446 g/mol. The topological polar surface area (TPSA) is 188 Å². The third kappa shape index (κ3) is 6.88. The Balaban J connectivity index is 2.53. The zero-order chi connectivity index (χ0) is 23.7. The van der Waals surface area contributed by atoms with E-state index in [-0.39, 0.29) is 22.0 Å². The van der Waals surface area contributed by atoms with Crippen LogP contribution in [0.1, 0.15) is 0 Å². The number of ether oxygens (including phenoxy) is 2. The average molecular weight is 465 g/mol. The molecule has 0 saturated carbocycles. The van der Waals surface area contributed by atoms with E-state index in [4.69, 9.17) is 9.92 Å². The number of benzene rings is 2. The molecule has 0 fully saturated rings. The zero-order valence-electron chi connectivity index (χ0n) is 16.8. The molecule has 0 unspecified atom stereocenters. The average Bonchev–Trinajstić information content (AvgIpc) is 2.74. The van der Waals surface area contributed by atoms with Crippen LogP contribution < -0.4 is 25.9 Å². The number of urea groups is 1. The molecule has 0 saturated heterocycles. The number of primary amides is 1. The number of guanidine groups is 1. The maximum Gasteiger partial charge on any atom is 0.413 e. The predicted octanol–water partition coefficient (Wildman–Crippen LogP) is 1.64. The summed E-state index contributed by atoms with van der Waals surface area (Å²) in [5, 5.41) is 6.47. The first-order chi connectivity index (χ1) is 15.1. The van der Waals surface area contributed by atoms with Gasteiger partial charge < -0.3 is 24.7 Å². The van der Waals surface area contributed by atoms with Crippen molar-refractivity contribution < 1.29 is 36.5 Å². The van der Waals surface area contributed by atoms with Gasteiger partial charge in [-0.1, -0.05) is 18.2 Å². The summed E-state index contributed by atoms with van der Waals surface area (Å²) in [7, 11) is -2.17. The number of hydrogen-bond acceptors (Lipinski definition) is 9. The van der Waals surface area contributed by atoms with E-state index in [0.29, 0.717) is 0 Å². The highest BCUT2D eigenvalue weighted by atomic mass is 32.2. The monoisotopic (exact) mass is 465 g/mol. The van der Waals surface area contributed by atoms with E-state index in [1.54, 1.807) is 18.2 Å². The number of nitrogens with two attached hydrogens (primary N) is 1. The molecular formula is C18H19N5O8S. The molecule has 0 atom stereocenters. The number of nitrogens with zero attached hydrogens (tertiary/aromatic N) is 1. The van der Waals surface area contributed by atoms with Crippen LogP contribution in [0.2, 0.25) is 0 Å². The fourth-order valence-electron chi connectivity index (χ4n) is 2.15. The zero-order valence-corrected chi connectivity index (χ0v) is 17.6. The molecule has 5 N–H and O–H groups in total. The molecule has 0 radical (unpaired) electrons. The minimum atomic E-state index is -4.31. The van der Waals surface area contributed by atoms with Gasteiger partial charge in [-0.15, -0.1) is 0 Å². The number of methoxy groups -OCH3 is 2. The number of carbonyl (C=O) groups excluding carboxylic acids is 3. The Labute approximate surface area is 182 Å². The van der Waals surface area contributed by atoms with Crippen LogP contribution in [-0.2, 0) is 19.6 Å². The largest absolute Gasteiger partial charge is 0.453 e. The van der Waals surface area contributed by atoms with Gasteiger partial charge >= 0.3 is 28.3 Å². The van der Waals surface area contributed by atoms with E-state index in [1.807, 2.05) is 0 Å². The molecule has 170 valence electrons. The highest BCUT2D eigenvalue weighted by Crippen LogP contribution is 2.29. The van der Waals surface area contributed by atoms with Gasteiger partial charge in [0.05, 0.1) is 25.6 Å². The highest BCUT2D eigenvalue weighted by molar-refractivity contribution is 7.87. The summed E-state index contributed by atoms with van der Waals surface area (Å²) < 4.78 is 39.3. The maximum atomic E-state index is 12.7. The van der Waals surface area contributed by atoms with Gasteiger partial charge in [-0.25, -0.2) is 19.4 Å². The summed E-state index contributed by atoms with van der Waals surface area (Å²) in [5.74, 6) is -0.424. The molecule has 2 aromatic rings. The maximum absolute atomic E-state index is 12.7. The summed E-state index contributed by atoms with van der Waals surface area (Å²) in [6.07, 6.45) is -2.00.